The second kappa shape index (κ2) is 12.3. The topological polar surface area (TPSA) is 179 Å². The summed E-state index contributed by atoms with van der Waals surface area (Å²) in [6.45, 7) is 3.29. The number of carbonyl (C=O) groups excluding carboxylic acids is 1. The Kier molecular flexibility index (Phi) is 8.39. The summed E-state index contributed by atoms with van der Waals surface area (Å²) in [5.74, 6) is -0.965. The van der Waals surface area contributed by atoms with Crippen molar-refractivity contribution in [3.8, 4) is 11.5 Å². The number of allylic oxidation sites excluding steroid dienone is 1. The fourth-order valence-corrected chi connectivity index (χ4v) is 5.63. The van der Waals surface area contributed by atoms with E-state index < -0.39 is 33.3 Å². The quantitative estimate of drug-likeness (QED) is 0.143. The zero-order chi connectivity index (χ0) is 31.5. The van der Waals surface area contributed by atoms with Crippen molar-refractivity contribution in [1.82, 2.24) is 4.57 Å². The standard InChI is InChI=1S/C29H24N4O10S/c1-4-41-28(35)25-16(2)31-27(34)23(44-29(31)30-26(25)20-10-11-24(43-20)33(38)39)13-18-12-21(40-3)22(14-19(18)32(36)37)42-15-17-8-6-5-7-9-17/h5-14,26H,4,15H2,1-3H3/b23-13-/t26-/m0/s1. The number of nitro groups is 2. The molecule has 5 rings (SSSR count). The number of fused-ring (bicyclic) bond motifs is 1. The number of rotatable bonds is 10. The third kappa shape index (κ3) is 5.72. The van der Waals surface area contributed by atoms with E-state index in [1.165, 1.54) is 42.9 Å². The molecule has 0 saturated heterocycles. The minimum absolute atomic E-state index is 0.00296. The van der Waals surface area contributed by atoms with Gasteiger partial charge in [0.2, 0.25) is 0 Å². The van der Waals surface area contributed by atoms with Crippen molar-refractivity contribution in [2.24, 2.45) is 4.99 Å². The van der Waals surface area contributed by atoms with E-state index in [-0.39, 0.29) is 62.3 Å². The molecule has 2 aromatic heterocycles. The van der Waals surface area contributed by atoms with Crippen LogP contribution in [0.5, 0.6) is 11.5 Å². The van der Waals surface area contributed by atoms with Gasteiger partial charge in [-0.05, 0) is 37.6 Å². The van der Waals surface area contributed by atoms with E-state index in [4.69, 9.17) is 18.6 Å². The maximum absolute atomic E-state index is 13.6. The molecule has 4 aromatic rings. The van der Waals surface area contributed by atoms with Crippen LogP contribution in [0.15, 0.2) is 74.4 Å². The summed E-state index contributed by atoms with van der Waals surface area (Å²) in [4.78, 5) is 53.2. The Balaban J connectivity index is 1.64. The van der Waals surface area contributed by atoms with E-state index in [2.05, 4.69) is 4.99 Å². The van der Waals surface area contributed by atoms with Crippen molar-refractivity contribution in [3.05, 3.63) is 117 Å². The number of nitro benzene ring substituents is 1. The van der Waals surface area contributed by atoms with Crippen molar-refractivity contribution in [3.63, 3.8) is 0 Å². The van der Waals surface area contributed by atoms with Crippen molar-refractivity contribution in [1.29, 1.82) is 0 Å². The van der Waals surface area contributed by atoms with Crippen molar-refractivity contribution >= 4 is 40.7 Å². The molecule has 0 N–H and O–H groups in total. The highest BCUT2D eigenvalue weighted by Gasteiger charge is 2.34. The van der Waals surface area contributed by atoms with Crippen LogP contribution in [0.1, 0.15) is 36.8 Å². The monoisotopic (exact) mass is 620 g/mol. The SMILES string of the molecule is CCOC(=O)C1=C(C)n2c(s/c(=C\c3cc(OC)c(OCc4ccccc4)cc3[N+](=O)[O-])c2=O)=N[C@H]1c1ccc([N+](=O)[O-])o1. The number of carbonyl (C=O) groups is 1. The molecule has 14 nitrogen and oxygen atoms in total. The average molecular weight is 621 g/mol. The lowest BCUT2D eigenvalue weighted by Crippen LogP contribution is -2.35. The fraction of sp³-hybridized carbons (Fsp3) is 0.207. The van der Waals surface area contributed by atoms with Gasteiger partial charge in [0.05, 0.1) is 46.4 Å². The second-order valence-corrected chi connectivity index (χ2v) is 10.3. The van der Waals surface area contributed by atoms with Crippen LogP contribution in [0.3, 0.4) is 0 Å². The molecule has 0 spiro atoms. The van der Waals surface area contributed by atoms with E-state index >= 15 is 0 Å². The molecule has 226 valence electrons. The third-order valence-electron chi connectivity index (χ3n) is 6.64. The minimum Gasteiger partial charge on any atom is -0.493 e. The Morgan fingerprint density at radius 2 is 1.86 bits per heavy atom. The summed E-state index contributed by atoms with van der Waals surface area (Å²) >= 11 is 0.917. The number of hydrogen-bond donors (Lipinski definition) is 0. The highest BCUT2D eigenvalue weighted by molar-refractivity contribution is 7.07. The van der Waals surface area contributed by atoms with Crippen LogP contribution in [0, 0.1) is 20.2 Å². The van der Waals surface area contributed by atoms with E-state index in [1.807, 2.05) is 30.3 Å². The van der Waals surface area contributed by atoms with E-state index in [9.17, 15) is 29.8 Å². The molecule has 2 aromatic carbocycles. The predicted molar refractivity (Wildman–Crippen MR) is 157 cm³/mol. The average Bonchev–Trinajstić information content (AvgIpc) is 3.62. The number of nitrogens with zero attached hydrogens (tertiary/aromatic N) is 4. The van der Waals surface area contributed by atoms with Gasteiger partial charge in [-0.15, -0.1) is 0 Å². The summed E-state index contributed by atoms with van der Waals surface area (Å²) in [5.41, 5.74) is 0.136. The zero-order valence-electron chi connectivity index (χ0n) is 23.5. The van der Waals surface area contributed by atoms with Crippen LogP contribution in [0.2, 0.25) is 0 Å². The molecular formula is C29H24N4O10S. The predicted octanol–water partition coefficient (Wildman–Crippen LogP) is 3.90. The number of methoxy groups -OCH3 is 1. The third-order valence-corrected chi connectivity index (χ3v) is 7.62. The van der Waals surface area contributed by atoms with E-state index in [0.29, 0.717) is 0 Å². The number of benzene rings is 2. The number of aromatic nitrogens is 1. The lowest BCUT2D eigenvalue weighted by Gasteiger charge is -2.20. The van der Waals surface area contributed by atoms with Gasteiger partial charge in [0, 0.05) is 5.70 Å². The van der Waals surface area contributed by atoms with Crippen molar-refractivity contribution in [2.45, 2.75) is 26.5 Å². The van der Waals surface area contributed by atoms with E-state index in [0.717, 1.165) is 23.0 Å². The van der Waals surface area contributed by atoms with Crippen molar-refractivity contribution < 1.29 is 33.3 Å². The molecule has 1 aliphatic heterocycles. The number of hydrogen-bond acceptors (Lipinski definition) is 12. The van der Waals surface area contributed by atoms with Crippen molar-refractivity contribution in [2.75, 3.05) is 13.7 Å². The molecule has 0 aliphatic carbocycles. The summed E-state index contributed by atoms with van der Waals surface area (Å²) in [5, 5.41) is 23.3. The van der Waals surface area contributed by atoms with Gasteiger partial charge in [-0.25, -0.2) is 9.79 Å². The molecule has 1 aliphatic rings. The Hall–Kier alpha value is -5.57. The van der Waals surface area contributed by atoms with Crippen LogP contribution in [-0.2, 0) is 16.1 Å². The first-order valence-corrected chi connectivity index (χ1v) is 13.9. The molecule has 3 heterocycles. The lowest BCUT2D eigenvalue weighted by molar-refractivity contribution is -0.402. The fourth-order valence-electron chi connectivity index (χ4n) is 4.60. The second-order valence-electron chi connectivity index (χ2n) is 9.31. The molecule has 0 unspecified atom stereocenters. The smallest absolute Gasteiger partial charge is 0.433 e. The maximum atomic E-state index is 13.6. The molecular weight excluding hydrogens is 596 g/mol. The van der Waals surface area contributed by atoms with Crippen LogP contribution in [-0.4, -0.2) is 34.1 Å². The van der Waals surface area contributed by atoms with Gasteiger partial charge in [-0.2, -0.15) is 0 Å². The molecule has 0 amide bonds. The number of furan rings is 1. The molecule has 0 bridgehead atoms. The summed E-state index contributed by atoms with van der Waals surface area (Å²) < 4.78 is 23.0. The maximum Gasteiger partial charge on any atom is 0.433 e. The Morgan fingerprint density at radius 3 is 2.50 bits per heavy atom. The van der Waals surface area contributed by atoms with Gasteiger partial charge in [0.1, 0.15) is 23.3 Å². The van der Waals surface area contributed by atoms with Gasteiger partial charge in [0.15, 0.2) is 16.3 Å². The van der Waals surface area contributed by atoms with Crippen LogP contribution < -0.4 is 24.4 Å². The first-order chi connectivity index (χ1) is 21.1. The van der Waals surface area contributed by atoms with Crippen LogP contribution >= 0.6 is 11.3 Å². The first kappa shape index (κ1) is 29.9. The molecule has 1 atom stereocenters. The first-order valence-electron chi connectivity index (χ1n) is 13.1. The van der Waals surface area contributed by atoms with Crippen LogP contribution in [0.25, 0.3) is 11.8 Å². The van der Waals surface area contributed by atoms with Gasteiger partial charge in [-0.3, -0.25) is 29.6 Å². The molecule has 0 fully saturated rings. The Morgan fingerprint density at radius 1 is 1.11 bits per heavy atom. The molecule has 0 saturated carbocycles. The molecule has 15 heteroatoms. The Labute approximate surface area is 252 Å². The van der Waals surface area contributed by atoms with Gasteiger partial charge in [0.25, 0.3) is 11.2 Å². The molecule has 44 heavy (non-hydrogen) atoms. The number of thiazole rings is 1. The Bertz CT molecular complexity index is 1990. The molecule has 0 radical (unpaired) electrons. The van der Waals surface area contributed by atoms with Gasteiger partial charge < -0.3 is 18.6 Å². The lowest BCUT2D eigenvalue weighted by atomic mass is 10.0. The normalized spacial score (nSPS) is 14.5. The number of ether oxygens (including phenoxy) is 3. The number of esters is 1. The highest BCUT2D eigenvalue weighted by atomic mass is 32.1. The zero-order valence-corrected chi connectivity index (χ0v) is 24.4. The van der Waals surface area contributed by atoms with Gasteiger partial charge in [-0.1, -0.05) is 41.7 Å². The summed E-state index contributed by atoms with van der Waals surface area (Å²) in [6.07, 6.45) is 1.33. The summed E-state index contributed by atoms with van der Waals surface area (Å²) in [7, 11) is 1.39. The van der Waals surface area contributed by atoms with Gasteiger partial charge >= 0.3 is 11.9 Å². The van der Waals surface area contributed by atoms with Crippen LogP contribution in [0.4, 0.5) is 11.6 Å². The largest absolute Gasteiger partial charge is 0.493 e. The highest BCUT2D eigenvalue weighted by Crippen LogP contribution is 2.36. The minimum atomic E-state index is -1.14. The van der Waals surface area contributed by atoms with E-state index in [1.54, 1.807) is 6.92 Å². The summed E-state index contributed by atoms with van der Waals surface area (Å²) in [6, 6.07) is 13.2.